The molecule has 23 heavy (non-hydrogen) atoms. The molecule has 0 heterocycles. The summed E-state index contributed by atoms with van der Waals surface area (Å²) in [7, 11) is 0. The van der Waals surface area contributed by atoms with Crippen molar-refractivity contribution < 1.29 is 31.9 Å². The molecule has 128 valence electrons. The van der Waals surface area contributed by atoms with Crippen molar-refractivity contribution in [3.05, 3.63) is 29.3 Å². The summed E-state index contributed by atoms with van der Waals surface area (Å²) in [6, 6.07) is -0.0123. The third-order valence-electron chi connectivity index (χ3n) is 2.87. The summed E-state index contributed by atoms with van der Waals surface area (Å²) < 4.78 is 56.7. The van der Waals surface area contributed by atoms with E-state index in [-0.39, 0.29) is 6.07 Å². The fourth-order valence-electron chi connectivity index (χ4n) is 1.52. The van der Waals surface area contributed by atoms with Crippen LogP contribution in [-0.4, -0.2) is 29.9 Å². The molecular formula is C14H15F4NO3S. The zero-order valence-corrected chi connectivity index (χ0v) is 13.2. The van der Waals surface area contributed by atoms with Crippen molar-refractivity contribution in [1.82, 2.24) is 5.32 Å². The summed E-state index contributed by atoms with van der Waals surface area (Å²) in [4.78, 5) is 22.9. The van der Waals surface area contributed by atoms with Crippen molar-refractivity contribution in [3.63, 3.8) is 0 Å². The lowest BCUT2D eigenvalue weighted by Gasteiger charge is -2.10. The average Bonchev–Trinajstić information content (AvgIpc) is 2.49. The molecule has 0 spiro atoms. The summed E-state index contributed by atoms with van der Waals surface area (Å²) in [5, 5.41) is 2.73. The van der Waals surface area contributed by atoms with E-state index in [2.05, 4.69) is 10.1 Å². The van der Waals surface area contributed by atoms with Gasteiger partial charge in [0.1, 0.15) is 6.42 Å². The fraction of sp³-hybridized carbons (Fsp3) is 0.429. The molecule has 0 aliphatic heterocycles. The normalized spacial score (nSPS) is 11.9. The Bertz CT molecular complexity index is 572. The molecule has 0 saturated carbocycles. The largest absolute Gasteiger partial charge is 0.420 e. The highest BCUT2D eigenvalue weighted by Gasteiger charge is 2.23. The van der Waals surface area contributed by atoms with Crippen LogP contribution in [0.2, 0.25) is 0 Å². The lowest BCUT2D eigenvalue weighted by molar-refractivity contribution is -0.138. The molecule has 0 aliphatic rings. The van der Waals surface area contributed by atoms with Gasteiger partial charge in [0, 0.05) is 17.9 Å². The predicted octanol–water partition coefficient (Wildman–Crippen LogP) is 2.80. The molecule has 0 radical (unpaired) electrons. The number of benzene rings is 1. The first-order valence-corrected chi connectivity index (χ1v) is 7.88. The van der Waals surface area contributed by atoms with Gasteiger partial charge in [-0.05, 0) is 12.7 Å². The summed E-state index contributed by atoms with van der Waals surface area (Å²) in [6.07, 6.45) is 1.75. The third-order valence-corrected chi connectivity index (χ3v) is 3.91. The molecule has 4 nitrogen and oxygen atoms in total. The van der Waals surface area contributed by atoms with E-state index in [4.69, 9.17) is 0 Å². The van der Waals surface area contributed by atoms with Crippen LogP contribution >= 0.6 is 11.8 Å². The lowest BCUT2D eigenvalue weighted by atomic mass is 10.3. The number of ether oxygens (including phenoxy) is 1. The monoisotopic (exact) mass is 353 g/mol. The SMILES string of the molecule is CSC(C)CCNC(=O)CC(=O)Oc1c(F)c(F)cc(F)c1F. The summed E-state index contributed by atoms with van der Waals surface area (Å²) in [5.41, 5.74) is 0. The van der Waals surface area contributed by atoms with Crippen LogP contribution in [0.25, 0.3) is 0 Å². The second-order valence-corrected chi connectivity index (χ2v) is 5.91. The van der Waals surface area contributed by atoms with Gasteiger partial charge in [-0.1, -0.05) is 6.92 Å². The van der Waals surface area contributed by atoms with E-state index >= 15 is 0 Å². The minimum atomic E-state index is -1.84. The number of carbonyl (C=O) groups is 2. The summed E-state index contributed by atoms with van der Waals surface area (Å²) >= 11 is 1.60. The van der Waals surface area contributed by atoms with Crippen LogP contribution in [0.15, 0.2) is 6.07 Å². The van der Waals surface area contributed by atoms with E-state index in [0.29, 0.717) is 18.2 Å². The highest BCUT2D eigenvalue weighted by Crippen LogP contribution is 2.26. The van der Waals surface area contributed by atoms with E-state index in [1.54, 1.807) is 11.8 Å². The molecule has 0 bridgehead atoms. The van der Waals surface area contributed by atoms with E-state index in [0.717, 1.165) is 0 Å². The van der Waals surface area contributed by atoms with Gasteiger partial charge < -0.3 is 10.1 Å². The van der Waals surface area contributed by atoms with Crippen molar-refractivity contribution in [1.29, 1.82) is 0 Å². The van der Waals surface area contributed by atoms with Crippen LogP contribution in [-0.2, 0) is 9.59 Å². The van der Waals surface area contributed by atoms with Gasteiger partial charge in [-0.15, -0.1) is 0 Å². The van der Waals surface area contributed by atoms with E-state index in [1.807, 2.05) is 13.2 Å². The predicted molar refractivity (Wildman–Crippen MR) is 77.1 cm³/mol. The first kappa shape index (κ1) is 19.3. The van der Waals surface area contributed by atoms with Gasteiger partial charge in [-0.25, -0.2) is 8.78 Å². The molecule has 1 atom stereocenters. The Kier molecular flexibility index (Phi) is 7.34. The number of thioether (sulfide) groups is 1. The first-order chi connectivity index (χ1) is 10.8. The number of hydrogen-bond donors (Lipinski definition) is 1. The topological polar surface area (TPSA) is 55.4 Å². The van der Waals surface area contributed by atoms with Gasteiger partial charge >= 0.3 is 5.97 Å². The van der Waals surface area contributed by atoms with Gasteiger partial charge in [0.15, 0.2) is 11.6 Å². The Labute approximate surface area is 134 Å². The number of nitrogens with one attached hydrogen (secondary N) is 1. The van der Waals surface area contributed by atoms with E-state index in [1.165, 1.54) is 0 Å². The Hall–Kier alpha value is -1.77. The van der Waals surface area contributed by atoms with Crippen molar-refractivity contribution in [3.8, 4) is 5.75 Å². The second-order valence-electron chi connectivity index (χ2n) is 4.63. The van der Waals surface area contributed by atoms with Crippen molar-refractivity contribution in [2.45, 2.75) is 25.0 Å². The molecule has 0 fully saturated rings. The van der Waals surface area contributed by atoms with E-state index < -0.39 is 47.3 Å². The third kappa shape index (κ3) is 5.74. The van der Waals surface area contributed by atoms with E-state index in [9.17, 15) is 27.2 Å². The molecule has 9 heteroatoms. The Morgan fingerprint density at radius 2 is 1.78 bits per heavy atom. The van der Waals surface area contributed by atoms with Crippen LogP contribution in [0, 0.1) is 23.3 Å². The maximum Gasteiger partial charge on any atom is 0.320 e. The van der Waals surface area contributed by atoms with Gasteiger partial charge in [0.05, 0.1) is 0 Å². The van der Waals surface area contributed by atoms with Crippen LogP contribution in [0.3, 0.4) is 0 Å². The molecular weight excluding hydrogens is 338 g/mol. The maximum atomic E-state index is 13.3. The minimum Gasteiger partial charge on any atom is -0.420 e. The van der Waals surface area contributed by atoms with Gasteiger partial charge in [0.2, 0.25) is 23.3 Å². The highest BCUT2D eigenvalue weighted by molar-refractivity contribution is 7.99. The number of hydrogen-bond acceptors (Lipinski definition) is 4. The van der Waals surface area contributed by atoms with Gasteiger partial charge in [-0.2, -0.15) is 20.5 Å². The molecule has 0 aliphatic carbocycles. The van der Waals surface area contributed by atoms with Crippen molar-refractivity contribution in [2.24, 2.45) is 0 Å². The quantitative estimate of drug-likeness (QED) is 0.269. The zero-order chi connectivity index (χ0) is 17.6. The van der Waals surface area contributed by atoms with Gasteiger partial charge in [0.25, 0.3) is 0 Å². The molecule has 1 unspecified atom stereocenters. The lowest BCUT2D eigenvalue weighted by Crippen LogP contribution is -2.29. The van der Waals surface area contributed by atoms with Crippen LogP contribution in [0.4, 0.5) is 17.6 Å². The maximum absolute atomic E-state index is 13.3. The molecule has 1 aromatic carbocycles. The Morgan fingerprint density at radius 1 is 1.22 bits per heavy atom. The number of carbonyl (C=O) groups excluding carboxylic acids is 2. The number of rotatable bonds is 7. The summed E-state index contributed by atoms with van der Waals surface area (Å²) in [5.74, 6) is -10.7. The number of halogens is 4. The van der Waals surface area contributed by atoms with Crippen LogP contribution < -0.4 is 10.1 Å². The molecule has 1 amide bonds. The summed E-state index contributed by atoms with van der Waals surface area (Å²) in [6.45, 7) is 2.26. The van der Waals surface area contributed by atoms with Gasteiger partial charge in [-0.3, -0.25) is 9.59 Å². The Balaban J connectivity index is 2.59. The second kappa shape index (κ2) is 8.76. The van der Waals surface area contributed by atoms with Crippen LogP contribution in [0.1, 0.15) is 19.8 Å². The molecule has 1 aromatic rings. The average molecular weight is 353 g/mol. The smallest absolute Gasteiger partial charge is 0.320 e. The minimum absolute atomic E-state index is 0.0123. The molecule has 1 N–H and O–H groups in total. The Morgan fingerprint density at radius 3 is 2.30 bits per heavy atom. The van der Waals surface area contributed by atoms with Crippen LogP contribution in [0.5, 0.6) is 5.75 Å². The van der Waals surface area contributed by atoms with Crippen molar-refractivity contribution in [2.75, 3.05) is 12.8 Å². The highest BCUT2D eigenvalue weighted by atomic mass is 32.2. The molecule has 1 rings (SSSR count). The standard InChI is InChI=1S/C14H15F4NO3S/c1-7(23-2)3-4-19-10(20)6-11(21)22-14-12(17)8(15)5-9(16)13(14)18/h5,7H,3-4,6H2,1-2H3,(H,19,20). The number of amides is 1. The first-order valence-electron chi connectivity index (χ1n) is 6.59. The molecule has 0 aromatic heterocycles. The fourth-order valence-corrected chi connectivity index (χ4v) is 1.87. The zero-order valence-electron chi connectivity index (χ0n) is 12.4. The van der Waals surface area contributed by atoms with Crippen molar-refractivity contribution >= 4 is 23.6 Å². The molecule has 0 saturated heterocycles. The number of esters is 1.